The molecule has 14 heteroatoms. The first kappa shape index (κ1) is 73.3. The van der Waals surface area contributed by atoms with Gasteiger partial charge >= 0.3 is 0 Å². The third kappa shape index (κ3) is 35.8. The number of carbonyl (C=O) groups is 1. The van der Waals surface area contributed by atoms with Gasteiger partial charge in [0.15, 0.2) is 12.6 Å². The Labute approximate surface area is 481 Å². The number of ether oxygens (including phenoxy) is 4. The Morgan fingerprint density at radius 2 is 0.835 bits per heavy atom. The molecule has 0 radical (unpaired) electrons. The molecule has 2 rings (SSSR count). The van der Waals surface area contributed by atoms with Crippen LogP contribution in [0.25, 0.3) is 0 Å². The minimum absolute atomic E-state index is 0.241. The van der Waals surface area contributed by atoms with Crippen molar-refractivity contribution in [2.45, 2.75) is 351 Å². The molecule has 1 amide bonds. The first-order valence-corrected chi connectivity index (χ1v) is 32.7. The van der Waals surface area contributed by atoms with Gasteiger partial charge in [-0.2, -0.15) is 0 Å². The number of rotatable bonds is 53. The number of allylic oxidation sites excluding steroid dienone is 5. The van der Waals surface area contributed by atoms with Gasteiger partial charge in [-0.15, -0.1) is 0 Å². The lowest BCUT2D eigenvalue weighted by Gasteiger charge is -2.46. The van der Waals surface area contributed by atoms with E-state index in [1.807, 2.05) is 6.08 Å². The van der Waals surface area contributed by atoms with Gasteiger partial charge in [0.25, 0.3) is 0 Å². The van der Waals surface area contributed by atoms with Gasteiger partial charge in [-0.3, -0.25) is 4.79 Å². The van der Waals surface area contributed by atoms with Crippen molar-refractivity contribution in [1.82, 2.24) is 5.32 Å². The molecule has 464 valence electrons. The molecule has 0 saturated carbocycles. The summed E-state index contributed by atoms with van der Waals surface area (Å²) in [5, 5.41) is 87.3. The smallest absolute Gasteiger partial charge is 0.220 e. The van der Waals surface area contributed by atoms with Gasteiger partial charge in [0, 0.05) is 6.42 Å². The molecule has 12 unspecified atom stereocenters. The lowest BCUT2D eigenvalue weighted by Crippen LogP contribution is -2.65. The first-order valence-electron chi connectivity index (χ1n) is 32.7. The quantitative estimate of drug-likeness (QED) is 0.0204. The Balaban J connectivity index is 1.73. The minimum atomic E-state index is -1.79. The molecule has 0 aromatic rings. The molecule has 0 aromatic heterocycles. The van der Waals surface area contributed by atoms with Crippen LogP contribution < -0.4 is 5.32 Å². The molecule has 79 heavy (non-hydrogen) atoms. The third-order valence-electron chi connectivity index (χ3n) is 16.1. The lowest BCUT2D eigenvalue weighted by atomic mass is 9.97. The predicted molar refractivity (Wildman–Crippen MR) is 318 cm³/mol. The molecule has 0 aliphatic carbocycles. The zero-order valence-electron chi connectivity index (χ0n) is 50.1. The zero-order chi connectivity index (χ0) is 57.4. The molecule has 0 bridgehead atoms. The number of aliphatic hydroxyl groups excluding tert-OH is 8. The van der Waals surface area contributed by atoms with Crippen LogP contribution in [-0.2, 0) is 23.7 Å². The maximum atomic E-state index is 13.3. The number of unbranched alkanes of at least 4 members (excludes halogenated alkanes) is 36. The summed E-state index contributed by atoms with van der Waals surface area (Å²) in [6.45, 7) is 2.82. The molecule has 2 fully saturated rings. The largest absolute Gasteiger partial charge is 0.394 e. The number of aliphatic hydroxyl groups is 8. The van der Waals surface area contributed by atoms with E-state index in [-0.39, 0.29) is 18.9 Å². The van der Waals surface area contributed by atoms with Crippen LogP contribution >= 0.6 is 0 Å². The minimum Gasteiger partial charge on any atom is -0.394 e. The van der Waals surface area contributed by atoms with Crippen molar-refractivity contribution in [3.63, 3.8) is 0 Å². The number of carbonyl (C=O) groups excluding carboxylic acids is 1. The molecule has 2 aliphatic heterocycles. The number of nitrogens with one attached hydrogen (secondary N) is 1. The summed E-state index contributed by atoms with van der Waals surface area (Å²) in [5.74, 6) is -0.241. The standard InChI is InChI=1S/C65H121NO13/c1-3-5-7-9-11-13-15-17-19-21-23-25-26-27-29-30-32-34-36-38-40-42-44-46-48-54(69)53(52-76-64-62(75)60(73)63(56(51-68)78-64)79-65-61(74)59(72)58(71)55(50-67)77-65)66-57(70)49-47-45-43-41-39-37-35-33-31-28-24-22-20-18-16-14-12-10-8-6-4-2/h16,18,22,24,46,48,53-56,58-65,67-69,71-75H,3-15,17,19-21,23,25-45,47,49-52H2,1-2H3,(H,66,70)/b18-16-,24-22-,48-46+. The van der Waals surface area contributed by atoms with Crippen LogP contribution in [0.4, 0.5) is 0 Å². The molecule has 2 heterocycles. The van der Waals surface area contributed by atoms with Crippen molar-refractivity contribution >= 4 is 5.91 Å². The predicted octanol–water partition coefficient (Wildman–Crippen LogP) is 12.2. The number of hydrogen-bond acceptors (Lipinski definition) is 13. The first-order chi connectivity index (χ1) is 38.6. The van der Waals surface area contributed by atoms with Crippen molar-refractivity contribution in [3.8, 4) is 0 Å². The fraction of sp³-hybridized carbons (Fsp3) is 0.892. The molecular weight excluding hydrogens is 1000 g/mol. The second-order valence-electron chi connectivity index (χ2n) is 23.2. The molecule has 14 nitrogen and oxygen atoms in total. The van der Waals surface area contributed by atoms with Crippen molar-refractivity contribution < 1.29 is 64.6 Å². The van der Waals surface area contributed by atoms with E-state index in [1.54, 1.807) is 6.08 Å². The average molecular weight is 1120 g/mol. The van der Waals surface area contributed by atoms with Crippen molar-refractivity contribution in [3.05, 3.63) is 36.5 Å². The van der Waals surface area contributed by atoms with E-state index < -0.39 is 86.8 Å². The summed E-state index contributed by atoms with van der Waals surface area (Å²) in [7, 11) is 0. The van der Waals surface area contributed by atoms with Gasteiger partial charge in [-0.25, -0.2) is 0 Å². The summed E-state index contributed by atoms with van der Waals surface area (Å²) in [6, 6.07) is -0.917. The second kappa shape index (κ2) is 50.7. The highest BCUT2D eigenvalue weighted by Crippen LogP contribution is 2.30. The van der Waals surface area contributed by atoms with E-state index in [0.29, 0.717) is 6.42 Å². The van der Waals surface area contributed by atoms with Crippen LogP contribution in [0.2, 0.25) is 0 Å². The van der Waals surface area contributed by atoms with Gasteiger partial charge in [0.1, 0.15) is 48.8 Å². The summed E-state index contributed by atoms with van der Waals surface area (Å²) < 4.78 is 22.8. The number of amides is 1. The average Bonchev–Trinajstić information content (AvgIpc) is 3.47. The Hall–Kier alpha value is -1.79. The molecule has 12 atom stereocenters. The van der Waals surface area contributed by atoms with Gasteiger partial charge in [0.05, 0.1) is 32.0 Å². The topological polar surface area (TPSA) is 228 Å². The normalized spacial score (nSPS) is 24.6. The lowest BCUT2D eigenvalue weighted by molar-refractivity contribution is -0.359. The highest BCUT2D eigenvalue weighted by Gasteiger charge is 2.51. The molecule has 9 N–H and O–H groups in total. The molecule has 2 aliphatic rings. The Morgan fingerprint density at radius 3 is 1.27 bits per heavy atom. The maximum Gasteiger partial charge on any atom is 0.220 e. The summed E-state index contributed by atoms with van der Waals surface area (Å²) in [4.78, 5) is 13.3. The monoisotopic (exact) mass is 1120 g/mol. The van der Waals surface area contributed by atoms with E-state index in [9.17, 15) is 45.6 Å². The van der Waals surface area contributed by atoms with Crippen molar-refractivity contribution in [2.75, 3.05) is 19.8 Å². The van der Waals surface area contributed by atoms with Gasteiger partial charge < -0.3 is 65.1 Å². The molecule has 0 spiro atoms. The Morgan fingerprint density at radius 1 is 0.456 bits per heavy atom. The van der Waals surface area contributed by atoms with Gasteiger partial charge in [-0.1, -0.05) is 256 Å². The van der Waals surface area contributed by atoms with E-state index in [4.69, 9.17) is 18.9 Å². The van der Waals surface area contributed by atoms with Crippen LogP contribution in [-0.4, -0.2) is 140 Å². The second-order valence-corrected chi connectivity index (χ2v) is 23.2. The van der Waals surface area contributed by atoms with Crippen LogP contribution in [0.15, 0.2) is 36.5 Å². The van der Waals surface area contributed by atoms with Crippen molar-refractivity contribution in [2.24, 2.45) is 0 Å². The SMILES string of the molecule is CCCCCCC/C=C\C/C=C\CCCCCCCCCCCC(=O)NC(COC1OC(CO)C(OC2OC(CO)C(O)C(O)C2O)C(O)C1O)C(O)/C=C/CCCCCCCCCCCCCCCCCCCCCCCC. The summed E-state index contributed by atoms with van der Waals surface area (Å²) >= 11 is 0. The maximum absolute atomic E-state index is 13.3. The van der Waals surface area contributed by atoms with E-state index in [0.717, 1.165) is 51.4 Å². The van der Waals surface area contributed by atoms with E-state index in [2.05, 4.69) is 43.5 Å². The zero-order valence-corrected chi connectivity index (χ0v) is 50.1. The van der Waals surface area contributed by atoms with Gasteiger partial charge in [-0.05, 0) is 51.4 Å². The third-order valence-corrected chi connectivity index (χ3v) is 16.1. The van der Waals surface area contributed by atoms with Crippen molar-refractivity contribution in [1.29, 1.82) is 0 Å². The van der Waals surface area contributed by atoms with E-state index in [1.165, 1.54) is 199 Å². The van der Waals surface area contributed by atoms with Crippen LogP contribution in [0.1, 0.15) is 277 Å². The van der Waals surface area contributed by atoms with Crippen LogP contribution in [0, 0.1) is 0 Å². The highest BCUT2D eigenvalue weighted by atomic mass is 16.7. The Kier molecular flexibility index (Phi) is 47.0. The fourth-order valence-corrected chi connectivity index (χ4v) is 10.8. The number of hydrogen-bond donors (Lipinski definition) is 9. The molecular formula is C65H121NO13. The fourth-order valence-electron chi connectivity index (χ4n) is 10.8. The molecule has 0 aromatic carbocycles. The molecule has 2 saturated heterocycles. The Bertz CT molecular complexity index is 1460. The summed E-state index contributed by atoms with van der Waals surface area (Å²) in [6.07, 6.45) is 46.1. The summed E-state index contributed by atoms with van der Waals surface area (Å²) in [5.41, 5.74) is 0. The van der Waals surface area contributed by atoms with E-state index >= 15 is 0 Å². The van der Waals surface area contributed by atoms with Crippen LogP contribution in [0.5, 0.6) is 0 Å². The van der Waals surface area contributed by atoms with Crippen LogP contribution in [0.3, 0.4) is 0 Å². The highest BCUT2D eigenvalue weighted by molar-refractivity contribution is 5.76. The van der Waals surface area contributed by atoms with Gasteiger partial charge in [0.2, 0.25) is 5.91 Å².